The van der Waals surface area contributed by atoms with Crippen molar-refractivity contribution in [3.8, 4) is 11.5 Å². The van der Waals surface area contributed by atoms with E-state index in [0.717, 1.165) is 49.7 Å². The van der Waals surface area contributed by atoms with E-state index in [1.54, 1.807) is 24.3 Å². The minimum absolute atomic E-state index is 0.305. The van der Waals surface area contributed by atoms with E-state index in [1.165, 1.54) is 18.4 Å². The van der Waals surface area contributed by atoms with Crippen molar-refractivity contribution in [2.24, 2.45) is 0 Å². The Bertz CT molecular complexity index is 1190. The molecular formula is C31H32O4. The Morgan fingerprint density at radius 3 is 1.63 bits per heavy atom. The van der Waals surface area contributed by atoms with Crippen molar-refractivity contribution in [3.63, 3.8) is 0 Å². The maximum absolute atomic E-state index is 13.3. The quantitative estimate of drug-likeness (QED) is 0.274. The van der Waals surface area contributed by atoms with Crippen LogP contribution in [0.4, 0.5) is 0 Å². The largest absolute Gasteiger partial charge is 0.419 e. The summed E-state index contributed by atoms with van der Waals surface area (Å²) in [7, 11) is 0. The number of benzene rings is 3. The summed E-state index contributed by atoms with van der Waals surface area (Å²) in [4.78, 5) is 26.4. The fourth-order valence-corrected chi connectivity index (χ4v) is 5.70. The lowest BCUT2D eigenvalue weighted by Crippen LogP contribution is -2.17. The highest BCUT2D eigenvalue weighted by Crippen LogP contribution is 2.51. The molecule has 3 aromatic carbocycles. The molecule has 35 heavy (non-hydrogen) atoms. The fourth-order valence-electron chi connectivity index (χ4n) is 5.70. The number of carbonyl (C=O) groups excluding carboxylic acids is 2. The first-order valence-corrected chi connectivity index (χ1v) is 12.8. The van der Waals surface area contributed by atoms with Gasteiger partial charge in [0.2, 0.25) is 0 Å². The lowest BCUT2D eigenvalue weighted by Gasteiger charge is -2.26. The lowest BCUT2D eigenvalue weighted by molar-refractivity contribution is 0.0679. The summed E-state index contributed by atoms with van der Waals surface area (Å²) in [5, 5.41) is 0. The number of carbonyl (C=O) groups is 2. The van der Waals surface area contributed by atoms with Crippen molar-refractivity contribution in [1.29, 1.82) is 0 Å². The molecule has 3 aromatic rings. The van der Waals surface area contributed by atoms with E-state index in [0.29, 0.717) is 34.5 Å². The molecule has 2 aliphatic carbocycles. The van der Waals surface area contributed by atoms with Crippen LogP contribution < -0.4 is 9.47 Å². The van der Waals surface area contributed by atoms with E-state index in [2.05, 4.69) is 6.07 Å². The lowest BCUT2D eigenvalue weighted by atomic mass is 9.83. The van der Waals surface area contributed by atoms with Gasteiger partial charge < -0.3 is 9.47 Å². The predicted octanol–water partition coefficient (Wildman–Crippen LogP) is 7.75. The normalized spacial score (nSPS) is 16.4. The maximum Gasteiger partial charge on any atom is 0.343 e. The predicted molar refractivity (Wildman–Crippen MR) is 136 cm³/mol. The summed E-state index contributed by atoms with van der Waals surface area (Å²) >= 11 is 0. The third-order valence-corrected chi connectivity index (χ3v) is 7.46. The highest BCUT2D eigenvalue weighted by molar-refractivity contribution is 5.93. The maximum atomic E-state index is 13.3. The smallest absolute Gasteiger partial charge is 0.343 e. The molecular weight excluding hydrogens is 436 g/mol. The minimum Gasteiger partial charge on any atom is -0.419 e. The van der Waals surface area contributed by atoms with Gasteiger partial charge in [0.05, 0.1) is 11.1 Å². The first-order valence-electron chi connectivity index (χ1n) is 12.8. The number of hydrogen-bond donors (Lipinski definition) is 0. The number of hydrogen-bond acceptors (Lipinski definition) is 4. The van der Waals surface area contributed by atoms with Crippen molar-refractivity contribution in [2.45, 2.75) is 70.1 Å². The Hall–Kier alpha value is -3.40. The van der Waals surface area contributed by atoms with Gasteiger partial charge in [0.25, 0.3) is 0 Å². The van der Waals surface area contributed by atoms with E-state index < -0.39 is 11.9 Å². The second-order valence-electron chi connectivity index (χ2n) is 9.83. The number of rotatable bonds is 6. The molecule has 5 rings (SSSR count). The van der Waals surface area contributed by atoms with Crippen LogP contribution in [-0.4, -0.2) is 11.9 Å². The van der Waals surface area contributed by atoms with Gasteiger partial charge in [0.1, 0.15) is 0 Å². The van der Waals surface area contributed by atoms with Crippen LogP contribution in [-0.2, 0) is 0 Å². The van der Waals surface area contributed by atoms with Crippen molar-refractivity contribution in [2.75, 3.05) is 0 Å². The highest BCUT2D eigenvalue weighted by Gasteiger charge is 2.33. The first-order chi connectivity index (χ1) is 17.1. The average molecular weight is 469 g/mol. The van der Waals surface area contributed by atoms with E-state index in [1.807, 2.05) is 43.3 Å². The monoisotopic (exact) mass is 468 g/mol. The van der Waals surface area contributed by atoms with Gasteiger partial charge in [0, 0.05) is 5.56 Å². The fraction of sp³-hybridized carbons (Fsp3) is 0.355. The van der Waals surface area contributed by atoms with Gasteiger partial charge in [0.15, 0.2) is 11.5 Å². The van der Waals surface area contributed by atoms with Crippen LogP contribution in [0.3, 0.4) is 0 Å². The van der Waals surface area contributed by atoms with Gasteiger partial charge in [-0.2, -0.15) is 0 Å². The molecule has 0 aliphatic heterocycles. The van der Waals surface area contributed by atoms with Crippen LogP contribution in [0.2, 0.25) is 0 Å². The highest BCUT2D eigenvalue weighted by atomic mass is 16.6. The summed E-state index contributed by atoms with van der Waals surface area (Å²) < 4.78 is 12.2. The number of ether oxygens (including phenoxy) is 2. The summed E-state index contributed by atoms with van der Waals surface area (Å²) in [6.07, 6.45) is 9.18. The Kier molecular flexibility index (Phi) is 6.98. The summed E-state index contributed by atoms with van der Waals surface area (Å²) in [6.45, 7) is 1.95. The van der Waals surface area contributed by atoms with Crippen molar-refractivity contribution < 1.29 is 19.1 Å². The molecule has 0 spiro atoms. The Balaban J connectivity index is 1.63. The molecule has 4 heteroatoms. The van der Waals surface area contributed by atoms with Gasteiger partial charge in [-0.1, -0.05) is 68.1 Å². The Morgan fingerprint density at radius 1 is 0.657 bits per heavy atom. The topological polar surface area (TPSA) is 52.6 Å². The van der Waals surface area contributed by atoms with E-state index in [-0.39, 0.29) is 0 Å². The molecule has 0 saturated heterocycles. The van der Waals surface area contributed by atoms with E-state index in [4.69, 9.17) is 9.47 Å². The summed E-state index contributed by atoms with van der Waals surface area (Å²) in [5.74, 6) is 0.696. The molecule has 0 N–H and O–H groups in total. The minimum atomic E-state index is -0.448. The first kappa shape index (κ1) is 23.3. The molecule has 2 fully saturated rings. The zero-order chi connectivity index (χ0) is 24.2. The zero-order valence-electron chi connectivity index (χ0n) is 20.3. The molecule has 0 bridgehead atoms. The molecule has 4 nitrogen and oxygen atoms in total. The van der Waals surface area contributed by atoms with Gasteiger partial charge in [-0.15, -0.1) is 0 Å². The molecule has 0 unspecified atom stereocenters. The Labute approximate surface area is 207 Å². The van der Waals surface area contributed by atoms with Crippen LogP contribution in [0.1, 0.15) is 101 Å². The number of aryl methyl sites for hydroxylation is 1. The van der Waals surface area contributed by atoms with E-state index >= 15 is 0 Å². The van der Waals surface area contributed by atoms with Crippen LogP contribution in [0.25, 0.3) is 0 Å². The molecule has 0 aromatic heterocycles. The van der Waals surface area contributed by atoms with Crippen LogP contribution >= 0.6 is 0 Å². The van der Waals surface area contributed by atoms with Crippen LogP contribution in [0.15, 0.2) is 66.7 Å². The Morgan fingerprint density at radius 2 is 1.11 bits per heavy atom. The SMILES string of the molecule is Cc1cc(C2CCCC2)c(C2CCCC2)c(OC(=O)c2ccccc2)c1OC(=O)c1ccccc1. The molecule has 0 atom stereocenters. The molecule has 180 valence electrons. The van der Waals surface area contributed by atoms with Crippen LogP contribution in [0, 0.1) is 6.92 Å². The standard InChI is InChI=1S/C31H32O4/c1-21-20-26(22-12-8-9-13-22)27(23-14-10-11-15-23)29(35-31(33)25-18-6-3-7-19-25)28(21)34-30(32)24-16-4-2-5-17-24/h2-7,16-20,22-23H,8-15H2,1H3. The molecule has 0 radical (unpaired) electrons. The van der Waals surface area contributed by atoms with Crippen molar-refractivity contribution >= 4 is 11.9 Å². The average Bonchev–Trinajstić information content (AvgIpc) is 3.62. The van der Waals surface area contributed by atoms with Crippen molar-refractivity contribution in [1.82, 2.24) is 0 Å². The molecule has 0 heterocycles. The van der Waals surface area contributed by atoms with Crippen LogP contribution in [0.5, 0.6) is 11.5 Å². The summed E-state index contributed by atoms with van der Waals surface area (Å²) in [6, 6.07) is 20.2. The van der Waals surface area contributed by atoms with Gasteiger partial charge in [-0.05, 0) is 79.8 Å². The van der Waals surface area contributed by atoms with Crippen molar-refractivity contribution in [3.05, 3.63) is 94.5 Å². The van der Waals surface area contributed by atoms with Gasteiger partial charge in [-0.25, -0.2) is 9.59 Å². The molecule has 2 aliphatic rings. The summed E-state index contributed by atoms with van der Waals surface area (Å²) in [5.41, 5.74) is 4.14. The van der Waals surface area contributed by atoms with E-state index in [9.17, 15) is 9.59 Å². The zero-order valence-corrected chi connectivity index (χ0v) is 20.3. The third kappa shape index (κ3) is 5.02. The number of esters is 2. The second kappa shape index (κ2) is 10.5. The third-order valence-electron chi connectivity index (χ3n) is 7.46. The van der Waals surface area contributed by atoms with Gasteiger partial charge in [-0.3, -0.25) is 0 Å². The van der Waals surface area contributed by atoms with Gasteiger partial charge >= 0.3 is 11.9 Å². The second-order valence-corrected chi connectivity index (χ2v) is 9.83. The molecule has 0 amide bonds. The molecule has 2 saturated carbocycles.